The Morgan fingerprint density at radius 2 is 1.30 bits per heavy atom. The number of phenolic OH excluding ortho intramolecular Hbond substituents is 2. The fourth-order valence-corrected chi connectivity index (χ4v) is 3.67. The van der Waals surface area contributed by atoms with Gasteiger partial charge in [0, 0.05) is 0 Å². The van der Waals surface area contributed by atoms with Gasteiger partial charge < -0.3 is 15.5 Å². The maximum atomic E-state index is 15.3. The molecule has 0 bridgehead atoms. The number of benzene rings is 3. The van der Waals surface area contributed by atoms with Gasteiger partial charge in [0.25, 0.3) is 0 Å². The molecule has 0 heterocycles. The molecule has 5 nitrogen and oxygen atoms in total. The minimum absolute atomic E-state index is 0.0757. The molecule has 4 rings (SSSR count). The Balaban J connectivity index is 2.00. The number of hydrogen-bond donors (Lipinski definition) is 3. The lowest BCUT2D eigenvalue weighted by atomic mass is 9.82. The molecule has 3 aromatic carbocycles. The quantitative estimate of drug-likeness (QED) is 0.306. The van der Waals surface area contributed by atoms with Crippen molar-refractivity contribution in [3.05, 3.63) is 80.6 Å². The largest absolute Gasteiger partial charge is 0.507 e. The molecule has 30 heavy (non-hydrogen) atoms. The van der Waals surface area contributed by atoms with Crippen LogP contribution in [0.5, 0.6) is 11.5 Å². The van der Waals surface area contributed by atoms with Gasteiger partial charge in [-0.05, 0) is 30.7 Å². The predicted molar refractivity (Wildman–Crippen MR) is 102 cm³/mol. The number of nitrogens with one attached hydrogen (secondary N) is 1. The fraction of sp³-hybridized carbons (Fsp3) is 0.0476. The van der Waals surface area contributed by atoms with E-state index in [2.05, 4.69) is 5.32 Å². The van der Waals surface area contributed by atoms with Crippen molar-refractivity contribution in [1.82, 2.24) is 0 Å². The van der Waals surface area contributed by atoms with Gasteiger partial charge in [0.15, 0.2) is 17.5 Å². The van der Waals surface area contributed by atoms with Gasteiger partial charge in [0.2, 0.25) is 11.6 Å². The number of ketones is 2. The molecule has 0 saturated carbocycles. The van der Waals surface area contributed by atoms with Crippen molar-refractivity contribution in [2.45, 2.75) is 6.92 Å². The normalized spacial score (nSPS) is 12.6. The van der Waals surface area contributed by atoms with Crippen molar-refractivity contribution in [2.24, 2.45) is 0 Å². The van der Waals surface area contributed by atoms with E-state index < -0.39 is 68.5 Å². The summed E-state index contributed by atoms with van der Waals surface area (Å²) in [6.07, 6.45) is 0. The van der Waals surface area contributed by atoms with Gasteiger partial charge in [0.05, 0.1) is 33.0 Å². The second kappa shape index (κ2) is 6.77. The predicted octanol–water partition coefficient (Wildman–Crippen LogP) is 5.00. The molecule has 1 aliphatic carbocycles. The highest BCUT2D eigenvalue weighted by Crippen LogP contribution is 2.42. The zero-order chi connectivity index (χ0) is 21.9. The molecular weight excluding hydrogens is 423 g/mol. The molecule has 0 fully saturated rings. The highest BCUT2D eigenvalue weighted by atomic mass is 35.5. The smallest absolute Gasteiger partial charge is 0.201 e. The lowest BCUT2D eigenvalue weighted by Gasteiger charge is -2.22. The van der Waals surface area contributed by atoms with E-state index in [1.165, 1.54) is 6.07 Å². The summed E-state index contributed by atoms with van der Waals surface area (Å²) >= 11 is 6.04. The SMILES string of the molecule is Cc1cccc(Cl)c1Nc1c(F)c(F)c2c(c1F)C(=O)c1c(O)ccc(O)c1C2=O. The van der Waals surface area contributed by atoms with Crippen LogP contribution in [0.1, 0.15) is 37.4 Å². The number of carbonyl (C=O) groups excluding carboxylic acids is 2. The number of para-hydroxylation sites is 1. The molecule has 0 radical (unpaired) electrons. The number of rotatable bonds is 2. The van der Waals surface area contributed by atoms with E-state index in [0.717, 1.165) is 12.1 Å². The maximum absolute atomic E-state index is 15.3. The van der Waals surface area contributed by atoms with Crippen LogP contribution in [0.2, 0.25) is 5.02 Å². The Bertz CT molecular complexity index is 1270. The molecular formula is C21H11ClF3NO4. The van der Waals surface area contributed by atoms with Gasteiger partial charge in [-0.1, -0.05) is 23.7 Å². The Labute approximate surface area is 172 Å². The first kappa shape index (κ1) is 19.8. The summed E-state index contributed by atoms with van der Waals surface area (Å²) in [5, 5.41) is 22.3. The molecule has 3 aromatic rings. The van der Waals surface area contributed by atoms with E-state index in [9.17, 15) is 28.6 Å². The molecule has 1 aliphatic rings. The van der Waals surface area contributed by atoms with Crippen molar-refractivity contribution >= 4 is 34.5 Å². The third kappa shape index (κ3) is 2.64. The van der Waals surface area contributed by atoms with Gasteiger partial charge in [-0.2, -0.15) is 0 Å². The number of hydrogen-bond acceptors (Lipinski definition) is 5. The van der Waals surface area contributed by atoms with Crippen LogP contribution in [0.4, 0.5) is 24.5 Å². The van der Waals surface area contributed by atoms with Crippen LogP contribution in [0.3, 0.4) is 0 Å². The molecule has 0 amide bonds. The van der Waals surface area contributed by atoms with E-state index >= 15 is 4.39 Å². The zero-order valence-corrected chi connectivity index (χ0v) is 15.9. The number of phenols is 2. The average Bonchev–Trinajstić information content (AvgIpc) is 2.69. The summed E-state index contributed by atoms with van der Waals surface area (Å²) in [6.45, 7) is 1.59. The first-order valence-electron chi connectivity index (χ1n) is 8.52. The highest BCUT2D eigenvalue weighted by Gasteiger charge is 2.41. The second-order valence-electron chi connectivity index (χ2n) is 6.64. The van der Waals surface area contributed by atoms with Gasteiger partial charge in [-0.3, -0.25) is 9.59 Å². The lowest BCUT2D eigenvalue weighted by Crippen LogP contribution is -2.26. The number of carbonyl (C=O) groups is 2. The van der Waals surface area contributed by atoms with Crippen LogP contribution >= 0.6 is 11.6 Å². The van der Waals surface area contributed by atoms with Crippen LogP contribution in [0, 0.1) is 24.4 Å². The summed E-state index contributed by atoms with van der Waals surface area (Å²) in [5.74, 6) is -9.10. The number of halogens is 4. The number of aryl methyl sites for hydroxylation is 1. The fourth-order valence-electron chi connectivity index (χ4n) is 3.40. The summed E-state index contributed by atoms with van der Waals surface area (Å²) in [7, 11) is 0. The zero-order valence-electron chi connectivity index (χ0n) is 15.1. The van der Waals surface area contributed by atoms with Crippen molar-refractivity contribution in [1.29, 1.82) is 0 Å². The van der Waals surface area contributed by atoms with Crippen LogP contribution < -0.4 is 5.32 Å². The monoisotopic (exact) mass is 433 g/mol. The van der Waals surface area contributed by atoms with E-state index in [0.29, 0.717) is 5.56 Å². The van der Waals surface area contributed by atoms with Crippen molar-refractivity contribution in [3.8, 4) is 11.5 Å². The Morgan fingerprint density at radius 3 is 1.83 bits per heavy atom. The molecule has 0 saturated heterocycles. The summed E-state index contributed by atoms with van der Waals surface area (Å²) in [6, 6.07) is 6.45. The van der Waals surface area contributed by atoms with Gasteiger partial charge in [-0.25, -0.2) is 13.2 Å². The van der Waals surface area contributed by atoms with Gasteiger partial charge in [0.1, 0.15) is 17.2 Å². The topological polar surface area (TPSA) is 86.6 Å². The summed E-state index contributed by atoms with van der Waals surface area (Å²) in [4.78, 5) is 25.5. The minimum Gasteiger partial charge on any atom is -0.507 e. The van der Waals surface area contributed by atoms with Crippen LogP contribution in [-0.2, 0) is 0 Å². The molecule has 152 valence electrons. The third-order valence-electron chi connectivity index (χ3n) is 4.86. The Morgan fingerprint density at radius 1 is 0.767 bits per heavy atom. The van der Waals surface area contributed by atoms with Crippen molar-refractivity contribution in [3.63, 3.8) is 0 Å². The first-order chi connectivity index (χ1) is 14.1. The number of aromatic hydroxyl groups is 2. The molecule has 0 spiro atoms. The van der Waals surface area contributed by atoms with Gasteiger partial charge >= 0.3 is 0 Å². The number of anilines is 2. The summed E-state index contributed by atoms with van der Waals surface area (Å²) < 4.78 is 44.9. The van der Waals surface area contributed by atoms with E-state index in [-0.39, 0.29) is 10.7 Å². The number of fused-ring (bicyclic) bond motifs is 2. The van der Waals surface area contributed by atoms with E-state index in [1.807, 2.05) is 0 Å². The lowest BCUT2D eigenvalue weighted by molar-refractivity contribution is 0.0966. The molecule has 3 N–H and O–H groups in total. The third-order valence-corrected chi connectivity index (χ3v) is 5.18. The average molecular weight is 434 g/mol. The first-order valence-corrected chi connectivity index (χ1v) is 8.89. The summed E-state index contributed by atoms with van der Waals surface area (Å²) in [5.41, 5.74) is -4.11. The molecule has 0 unspecified atom stereocenters. The van der Waals surface area contributed by atoms with Crippen molar-refractivity contribution < 1.29 is 33.0 Å². The molecule has 0 atom stereocenters. The standard InChI is InChI=1S/C21H11ClF3NO4/c1-7-3-2-4-8(22)18(7)26-19-16(24)14-13(15(23)17(19)25)20(29)11-9(27)5-6-10(28)12(11)21(14)30/h2-6,26-28H,1H3. The van der Waals surface area contributed by atoms with E-state index in [4.69, 9.17) is 11.6 Å². The van der Waals surface area contributed by atoms with E-state index in [1.54, 1.807) is 19.1 Å². The second-order valence-corrected chi connectivity index (χ2v) is 7.04. The molecule has 0 aliphatic heterocycles. The van der Waals surface area contributed by atoms with Crippen LogP contribution in [0.15, 0.2) is 30.3 Å². The maximum Gasteiger partial charge on any atom is 0.201 e. The Hall–Kier alpha value is -3.52. The van der Waals surface area contributed by atoms with Crippen LogP contribution in [0.25, 0.3) is 0 Å². The highest BCUT2D eigenvalue weighted by molar-refractivity contribution is 6.33. The Kier molecular flexibility index (Phi) is 4.47. The molecule has 9 heteroatoms. The minimum atomic E-state index is -1.77. The van der Waals surface area contributed by atoms with Crippen molar-refractivity contribution in [2.75, 3.05) is 5.32 Å². The molecule has 0 aromatic heterocycles. The van der Waals surface area contributed by atoms with Crippen LogP contribution in [-0.4, -0.2) is 21.8 Å². The van der Waals surface area contributed by atoms with Gasteiger partial charge in [-0.15, -0.1) is 0 Å².